The molecule has 198 valence electrons. The lowest BCUT2D eigenvalue weighted by Gasteiger charge is -2.54. The SMILES string of the molecule is COc1ccc(F)cc1SN1CC(NC(C)=O)C(=O)N2C(Cc3ccc(Cl)cc3)C(=O)N(C(C)C)CC12. The second kappa shape index (κ2) is 11.3. The Hall–Kier alpha value is -2.82. The number of amides is 3. The van der Waals surface area contributed by atoms with Crippen LogP contribution in [0, 0.1) is 5.82 Å². The van der Waals surface area contributed by atoms with Gasteiger partial charge >= 0.3 is 0 Å². The summed E-state index contributed by atoms with van der Waals surface area (Å²) in [5, 5.41) is 3.30. The molecule has 0 saturated carbocycles. The zero-order valence-corrected chi connectivity index (χ0v) is 22.7. The number of benzene rings is 2. The summed E-state index contributed by atoms with van der Waals surface area (Å²) in [6, 6.07) is 9.65. The van der Waals surface area contributed by atoms with E-state index in [2.05, 4.69) is 5.32 Å². The maximum Gasteiger partial charge on any atom is 0.248 e. The van der Waals surface area contributed by atoms with E-state index in [0.29, 0.717) is 15.7 Å². The Kier molecular flexibility index (Phi) is 8.30. The lowest BCUT2D eigenvalue weighted by atomic mass is 9.96. The minimum absolute atomic E-state index is 0.0962. The monoisotopic (exact) mass is 548 g/mol. The van der Waals surface area contributed by atoms with Crippen LogP contribution >= 0.6 is 23.5 Å². The highest BCUT2D eigenvalue weighted by Crippen LogP contribution is 2.38. The molecule has 4 rings (SSSR count). The van der Waals surface area contributed by atoms with Gasteiger partial charge in [0.25, 0.3) is 0 Å². The topological polar surface area (TPSA) is 82.2 Å². The van der Waals surface area contributed by atoms with Crippen LogP contribution < -0.4 is 10.1 Å². The number of rotatable bonds is 7. The van der Waals surface area contributed by atoms with Crippen molar-refractivity contribution in [3.05, 3.63) is 58.9 Å². The molecular formula is C26H30ClFN4O4S. The maximum absolute atomic E-state index is 14.2. The molecule has 3 amide bonds. The van der Waals surface area contributed by atoms with Crippen LogP contribution in [-0.2, 0) is 20.8 Å². The summed E-state index contributed by atoms with van der Waals surface area (Å²) in [4.78, 5) is 43.3. The van der Waals surface area contributed by atoms with Crippen LogP contribution in [0.2, 0.25) is 5.02 Å². The zero-order valence-electron chi connectivity index (χ0n) is 21.1. The quantitative estimate of drug-likeness (QED) is 0.535. The molecule has 2 aromatic rings. The number of nitrogens with one attached hydrogen (secondary N) is 1. The highest BCUT2D eigenvalue weighted by Gasteiger charge is 2.51. The third kappa shape index (κ3) is 5.86. The Morgan fingerprint density at radius 1 is 1.16 bits per heavy atom. The molecule has 8 nitrogen and oxygen atoms in total. The van der Waals surface area contributed by atoms with Gasteiger partial charge in [-0.25, -0.2) is 8.70 Å². The molecule has 0 aromatic heterocycles. The van der Waals surface area contributed by atoms with Crippen LogP contribution in [-0.4, -0.2) is 76.3 Å². The van der Waals surface area contributed by atoms with Gasteiger partial charge < -0.3 is 19.9 Å². The molecular weight excluding hydrogens is 519 g/mol. The van der Waals surface area contributed by atoms with Gasteiger partial charge in [0.15, 0.2) is 0 Å². The van der Waals surface area contributed by atoms with E-state index in [9.17, 15) is 18.8 Å². The molecule has 0 spiro atoms. The number of hydrogen-bond acceptors (Lipinski definition) is 6. The van der Waals surface area contributed by atoms with E-state index in [-0.39, 0.29) is 43.3 Å². The van der Waals surface area contributed by atoms with Gasteiger partial charge in [-0.15, -0.1) is 0 Å². The minimum atomic E-state index is -0.869. The standard InChI is InChI=1S/C26H30ClFN4O4S/c1-15(2)30-14-24-31(37-23-12-19(28)9-10-22(23)36-4)13-20(29-16(3)33)25(34)32(24)21(26(30)35)11-17-5-7-18(27)8-6-17/h5-10,12,15,20-21,24H,11,13-14H2,1-4H3,(H,29,33). The molecule has 2 aliphatic heterocycles. The third-order valence-corrected chi connectivity index (χ3v) is 7.91. The Bertz CT molecular complexity index is 1180. The molecule has 2 saturated heterocycles. The summed E-state index contributed by atoms with van der Waals surface area (Å²) in [6.45, 7) is 5.67. The number of piperazine rings is 1. The summed E-state index contributed by atoms with van der Waals surface area (Å²) in [6.07, 6.45) is -0.219. The molecule has 2 aromatic carbocycles. The van der Waals surface area contributed by atoms with Crippen molar-refractivity contribution in [3.63, 3.8) is 0 Å². The fraction of sp³-hybridized carbons (Fsp3) is 0.423. The lowest BCUT2D eigenvalue weighted by molar-refractivity contribution is -0.168. The largest absolute Gasteiger partial charge is 0.496 e. The number of ether oxygens (including phenoxy) is 1. The summed E-state index contributed by atoms with van der Waals surface area (Å²) >= 11 is 7.30. The normalized spacial score (nSPS) is 22.3. The van der Waals surface area contributed by atoms with E-state index < -0.39 is 24.1 Å². The highest BCUT2D eigenvalue weighted by atomic mass is 35.5. The number of carbonyl (C=O) groups is 3. The van der Waals surface area contributed by atoms with Crippen LogP contribution in [0.3, 0.4) is 0 Å². The maximum atomic E-state index is 14.2. The number of halogens is 2. The molecule has 2 fully saturated rings. The highest BCUT2D eigenvalue weighted by molar-refractivity contribution is 7.97. The van der Waals surface area contributed by atoms with Gasteiger partial charge in [-0.3, -0.25) is 14.4 Å². The molecule has 0 aliphatic carbocycles. The third-order valence-electron chi connectivity index (χ3n) is 6.52. The lowest BCUT2D eigenvalue weighted by Crippen LogP contribution is -2.74. The Morgan fingerprint density at radius 3 is 2.49 bits per heavy atom. The first-order chi connectivity index (χ1) is 17.6. The second-order valence-corrected chi connectivity index (χ2v) is 10.9. The van der Waals surface area contributed by atoms with Gasteiger partial charge in [-0.05, 0) is 61.7 Å². The first-order valence-electron chi connectivity index (χ1n) is 12.0. The molecule has 3 atom stereocenters. The summed E-state index contributed by atoms with van der Waals surface area (Å²) in [7, 11) is 1.51. The average Bonchev–Trinajstić information content (AvgIpc) is 2.84. The molecule has 3 unspecified atom stereocenters. The van der Waals surface area contributed by atoms with E-state index in [0.717, 1.165) is 5.56 Å². The molecule has 2 aliphatic rings. The van der Waals surface area contributed by atoms with Gasteiger partial charge in [-0.2, -0.15) is 0 Å². The molecule has 11 heteroatoms. The number of hydrogen-bond donors (Lipinski definition) is 1. The molecule has 0 radical (unpaired) electrons. The van der Waals surface area contributed by atoms with E-state index in [1.54, 1.807) is 28.0 Å². The van der Waals surface area contributed by atoms with Crippen LogP contribution in [0.1, 0.15) is 26.3 Å². The van der Waals surface area contributed by atoms with E-state index >= 15 is 0 Å². The summed E-state index contributed by atoms with van der Waals surface area (Å²) in [5.41, 5.74) is 0.854. The van der Waals surface area contributed by atoms with Gasteiger partial charge in [0.2, 0.25) is 17.7 Å². The van der Waals surface area contributed by atoms with Crippen LogP contribution in [0.5, 0.6) is 5.75 Å². The molecule has 37 heavy (non-hydrogen) atoms. The van der Waals surface area contributed by atoms with Crippen molar-refractivity contribution >= 4 is 41.3 Å². The molecule has 1 N–H and O–H groups in total. The molecule has 2 heterocycles. The smallest absolute Gasteiger partial charge is 0.248 e. The summed E-state index contributed by atoms with van der Waals surface area (Å²) in [5.74, 6) is -0.775. The van der Waals surface area contributed by atoms with E-state index in [4.69, 9.17) is 16.3 Å². The second-order valence-electron chi connectivity index (χ2n) is 9.40. The number of fused-ring (bicyclic) bond motifs is 1. The van der Waals surface area contributed by atoms with Crippen molar-refractivity contribution < 1.29 is 23.5 Å². The molecule has 0 bridgehead atoms. The van der Waals surface area contributed by atoms with Crippen molar-refractivity contribution in [2.45, 2.75) is 56.4 Å². The predicted octanol–water partition coefficient (Wildman–Crippen LogP) is 3.33. The minimum Gasteiger partial charge on any atom is -0.496 e. The zero-order chi connectivity index (χ0) is 26.9. The number of nitrogens with zero attached hydrogens (tertiary/aromatic N) is 3. The Labute approximate surface area is 225 Å². The van der Waals surface area contributed by atoms with Crippen LogP contribution in [0.25, 0.3) is 0 Å². The van der Waals surface area contributed by atoms with Crippen molar-refractivity contribution in [1.82, 2.24) is 19.4 Å². The van der Waals surface area contributed by atoms with Gasteiger partial charge in [-0.1, -0.05) is 23.7 Å². The average molecular weight is 549 g/mol. The van der Waals surface area contributed by atoms with Crippen molar-refractivity contribution in [2.75, 3.05) is 20.2 Å². The van der Waals surface area contributed by atoms with E-state index in [1.165, 1.54) is 38.1 Å². The van der Waals surface area contributed by atoms with Crippen molar-refractivity contribution in [1.29, 1.82) is 0 Å². The summed E-state index contributed by atoms with van der Waals surface area (Å²) < 4.78 is 21.5. The van der Waals surface area contributed by atoms with E-state index in [1.807, 2.05) is 30.3 Å². The first-order valence-corrected chi connectivity index (χ1v) is 13.2. The van der Waals surface area contributed by atoms with Crippen molar-refractivity contribution in [3.8, 4) is 5.75 Å². The van der Waals surface area contributed by atoms with Gasteiger partial charge in [0.05, 0.1) is 18.6 Å². The number of methoxy groups -OCH3 is 1. The van der Waals surface area contributed by atoms with Crippen molar-refractivity contribution in [2.24, 2.45) is 0 Å². The van der Waals surface area contributed by atoms with Gasteiger partial charge in [0.1, 0.15) is 29.8 Å². The van der Waals surface area contributed by atoms with Crippen LogP contribution in [0.4, 0.5) is 4.39 Å². The Balaban J connectivity index is 1.76. The van der Waals surface area contributed by atoms with Gasteiger partial charge in [0, 0.05) is 31.0 Å². The Morgan fingerprint density at radius 2 is 1.86 bits per heavy atom. The fourth-order valence-electron chi connectivity index (χ4n) is 4.76. The first kappa shape index (κ1) is 27.2. The predicted molar refractivity (Wildman–Crippen MR) is 140 cm³/mol. The number of carbonyl (C=O) groups excluding carboxylic acids is 3. The fourth-order valence-corrected chi connectivity index (χ4v) is 6.05. The van der Waals surface area contributed by atoms with Crippen LogP contribution in [0.15, 0.2) is 47.4 Å².